The molecule has 0 unspecified atom stereocenters. The number of rotatable bonds is 10. The molecule has 19 heavy (non-hydrogen) atoms. The summed E-state index contributed by atoms with van der Waals surface area (Å²) in [6, 6.07) is 6.02. The van der Waals surface area contributed by atoms with Crippen molar-refractivity contribution in [3.8, 4) is 11.5 Å². The highest BCUT2D eigenvalue weighted by Gasteiger charge is 2.05. The maximum atomic E-state index is 5.70. The van der Waals surface area contributed by atoms with Crippen molar-refractivity contribution in [1.82, 2.24) is 5.32 Å². The fourth-order valence-electron chi connectivity index (χ4n) is 1.67. The Balaban J connectivity index is 2.73. The lowest BCUT2D eigenvalue weighted by molar-refractivity contribution is 0.311. The summed E-state index contributed by atoms with van der Waals surface area (Å²) in [6.07, 6.45) is 3.88. The Morgan fingerprint density at radius 3 is 2.74 bits per heavy atom. The minimum Gasteiger partial charge on any atom is -0.493 e. The summed E-state index contributed by atoms with van der Waals surface area (Å²) in [5, 5.41) is 3.38. The Kier molecular flexibility index (Phi) is 7.75. The first-order valence-electron chi connectivity index (χ1n) is 7.02. The Morgan fingerprint density at radius 1 is 1.21 bits per heavy atom. The lowest BCUT2D eigenvalue weighted by Gasteiger charge is -2.13. The van der Waals surface area contributed by atoms with Crippen LogP contribution in [0.4, 0.5) is 0 Å². The van der Waals surface area contributed by atoms with Crippen molar-refractivity contribution in [1.29, 1.82) is 0 Å². The van der Waals surface area contributed by atoms with Crippen molar-refractivity contribution in [3.63, 3.8) is 0 Å². The van der Waals surface area contributed by atoms with Crippen LogP contribution in [0.3, 0.4) is 0 Å². The SMILES string of the molecule is C=CCOc1cc(OCCC)ccc1CNCCC. The van der Waals surface area contributed by atoms with E-state index >= 15 is 0 Å². The van der Waals surface area contributed by atoms with E-state index in [0.29, 0.717) is 6.61 Å². The lowest BCUT2D eigenvalue weighted by Crippen LogP contribution is -2.14. The van der Waals surface area contributed by atoms with Crippen LogP contribution < -0.4 is 14.8 Å². The first-order valence-corrected chi connectivity index (χ1v) is 7.02. The van der Waals surface area contributed by atoms with Crippen LogP contribution in [-0.4, -0.2) is 19.8 Å². The second kappa shape index (κ2) is 9.45. The van der Waals surface area contributed by atoms with Gasteiger partial charge < -0.3 is 14.8 Å². The van der Waals surface area contributed by atoms with Gasteiger partial charge in [0.05, 0.1) is 6.61 Å². The van der Waals surface area contributed by atoms with E-state index in [1.165, 1.54) is 0 Å². The van der Waals surface area contributed by atoms with Gasteiger partial charge in [-0.2, -0.15) is 0 Å². The van der Waals surface area contributed by atoms with Crippen LogP contribution in [0.1, 0.15) is 32.3 Å². The molecule has 0 amide bonds. The molecule has 0 aliphatic heterocycles. The normalized spacial score (nSPS) is 10.2. The minimum atomic E-state index is 0.512. The third-order valence-electron chi connectivity index (χ3n) is 2.61. The van der Waals surface area contributed by atoms with Gasteiger partial charge >= 0.3 is 0 Å². The molecule has 0 saturated carbocycles. The van der Waals surface area contributed by atoms with E-state index in [0.717, 1.165) is 49.6 Å². The summed E-state index contributed by atoms with van der Waals surface area (Å²) in [6.45, 7) is 11.0. The molecular formula is C16H25NO2. The van der Waals surface area contributed by atoms with E-state index in [1.54, 1.807) is 6.08 Å². The Labute approximate surface area is 116 Å². The van der Waals surface area contributed by atoms with E-state index in [4.69, 9.17) is 9.47 Å². The van der Waals surface area contributed by atoms with Gasteiger partial charge in [-0.15, -0.1) is 0 Å². The molecule has 3 nitrogen and oxygen atoms in total. The molecule has 106 valence electrons. The van der Waals surface area contributed by atoms with Gasteiger partial charge in [-0.1, -0.05) is 32.6 Å². The first kappa shape index (κ1) is 15.6. The highest BCUT2D eigenvalue weighted by molar-refractivity contribution is 5.40. The largest absolute Gasteiger partial charge is 0.493 e. The number of hydrogen-bond donors (Lipinski definition) is 1. The average Bonchev–Trinajstić information content (AvgIpc) is 2.44. The first-order chi connectivity index (χ1) is 9.31. The van der Waals surface area contributed by atoms with Crippen LogP contribution in [0.25, 0.3) is 0 Å². The van der Waals surface area contributed by atoms with E-state index in [2.05, 4.69) is 31.8 Å². The van der Waals surface area contributed by atoms with Gasteiger partial charge in [0, 0.05) is 18.2 Å². The molecule has 1 rings (SSSR count). The fourth-order valence-corrected chi connectivity index (χ4v) is 1.67. The van der Waals surface area contributed by atoms with E-state index in [-0.39, 0.29) is 0 Å². The maximum absolute atomic E-state index is 5.70. The van der Waals surface area contributed by atoms with Gasteiger partial charge in [0.15, 0.2) is 0 Å². The molecular weight excluding hydrogens is 238 g/mol. The van der Waals surface area contributed by atoms with E-state index in [1.807, 2.05) is 12.1 Å². The third-order valence-corrected chi connectivity index (χ3v) is 2.61. The van der Waals surface area contributed by atoms with Gasteiger partial charge in [0.2, 0.25) is 0 Å². The molecule has 1 N–H and O–H groups in total. The molecule has 0 spiro atoms. The maximum Gasteiger partial charge on any atom is 0.127 e. The number of hydrogen-bond acceptors (Lipinski definition) is 3. The number of ether oxygens (including phenoxy) is 2. The topological polar surface area (TPSA) is 30.5 Å². The molecule has 3 heteroatoms. The predicted octanol–water partition coefficient (Wildman–Crippen LogP) is 3.54. The van der Waals surface area contributed by atoms with Gasteiger partial charge in [0.1, 0.15) is 18.1 Å². The van der Waals surface area contributed by atoms with Crippen LogP contribution in [0.15, 0.2) is 30.9 Å². The molecule has 0 radical (unpaired) electrons. The molecule has 0 aliphatic carbocycles. The second-order valence-electron chi connectivity index (χ2n) is 4.39. The molecule has 0 atom stereocenters. The van der Waals surface area contributed by atoms with E-state index in [9.17, 15) is 0 Å². The van der Waals surface area contributed by atoms with Crippen LogP contribution in [0.2, 0.25) is 0 Å². The van der Waals surface area contributed by atoms with Crippen molar-refractivity contribution in [2.45, 2.75) is 33.2 Å². The molecule has 1 aromatic carbocycles. The van der Waals surface area contributed by atoms with Crippen LogP contribution in [0.5, 0.6) is 11.5 Å². The van der Waals surface area contributed by atoms with Gasteiger partial charge in [-0.05, 0) is 25.5 Å². The molecule has 0 fully saturated rings. The van der Waals surface area contributed by atoms with Crippen molar-refractivity contribution in [3.05, 3.63) is 36.4 Å². The fraction of sp³-hybridized carbons (Fsp3) is 0.500. The van der Waals surface area contributed by atoms with Crippen LogP contribution in [-0.2, 0) is 6.54 Å². The molecule has 0 heterocycles. The predicted molar refractivity (Wildman–Crippen MR) is 79.9 cm³/mol. The summed E-state index contributed by atoms with van der Waals surface area (Å²) in [5.41, 5.74) is 1.15. The average molecular weight is 263 g/mol. The van der Waals surface area contributed by atoms with Crippen LogP contribution in [0, 0.1) is 0 Å². The summed E-state index contributed by atoms with van der Waals surface area (Å²) in [7, 11) is 0. The standard InChI is InChI=1S/C16H25NO2/c1-4-9-17-13-14-7-8-15(18-10-5-2)12-16(14)19-11-6-3/h6-8,12,17H,3-5,9-11,13H2,1-2H3. The summed E-state index contributed by atoms with van der Waals surface area (Å²) >= 11 is 0. The second-order valence-corrected chi connectivity index (χ2v) is 4.39. The van der Waals surface area contributed by atoms with Crippen molar-refractivity contribution in [2.24, 2.45) is 0 Å². The molecule has 0 aromatic heterocycles. The monoisotopic (exact) mass is 263 g/mol. The quantitative estimate of drug-likeness (QED) is 0.517. The molecule has 0 aliphatic rings. The highest BCUT2D eigenvalue weighted by atomic mass is 16.5. The molecule has 0 saturated heterocycles. The number of benzene rings is 1. The summed E-state index contributed by atoms with van der Waals surface area (Å²) in [5.74, 6) is 1.73. The zero-order chi connectivity index (χ0) is 13.9. The third kappa shape index (κ3) is 5.79. The number of nitrogens with one attached hydrogen (secondary N) is 1. The molecule has 1 aromatic rings. The minimum absolute atomic E-state index is 0.512. The zero-order valence-electron chi connectivity index (χ0n) is 12.1. The van der Waals surface area contributed by atoms with Gasteiger partial charge in [0.25, 0.3) is 0 Å². The zero-order valence-corrected chi connectivity index (χ0v) is 12.1. The van der Waals surface area contributed by atoms with Crippen molar-refractivity contribution < 1.29 is 9.47 Å². The smallest absolute Gasteiger partial charge is 0.127 e. The van der Waals surface area contributed by atoms with Crippen LogP contribution >= 0.6 is 0 Å². The van der Waals surface area contributed by atoms with Crippen molar-refractivity contribution in [2.75, 3.05) is 19.8 Å². The Hall–Kier alpha value is -1.48. The molecule has 0 bridgehead atoms. The summed E-state index contributed by atoms with van der Waals surface area (Å²) in [4.78, 5) is 0. The van der Waals surface area contributed by atoms with Crippen molar-refractivity contribution >= 4 is 0 Å². The van der Waals surface area contributed by atoms with Gasteiger partial charge in [-0.3, -0.25) is 0 Å². The Bertz CT molecular complexity index is 377. The summed E-state index contributed by atoms with van der Waals surface area (Å²) < 4.78 is 11.3. The lowest BCUT2D eigenvalue weighted by atomic mass is 10.2. The van der Waals surface area contributed by atoms with Gasteiger partial charge in [-0.25, -0.2) is 0 Å². The highest BCUT2D eigenvalue weighted by Crippen LogP contribution is 2.25. The Morgan fingerprint density at radius 2 is 2.05 bits per heavy atom. The van der Waals surface area contributed by atoms with E-state index < -0.39 is 0 Å².